The summed E-state index contributed by atoms with van der Waals surface area (Å²) in [4.78, 5) is 12.2. The summed E-state index contributed by atoms with van der Waals surface area (Å²) in [6, 6.07) is 5.08. The molecule has 0 saturated carbocycles. The van der Waals surface area contributed by atoms with Gasteiger partial charge in [-0.15, -0.1) is 0 Å². The van der Waals surface area contributed by atoms with E-state index in [1.54, 1.807) is 12.1 Å². The average Bonchev–Trinajstić information content (AvgIpc) is 2.36. The Kier molecular flexibility index (Phi) is 5.20. The number of halogens is 1. The molecule has 18 heavy (non-hydrogen) atoms. The lowest BCUT2D eigenvalue weighted by Crippen LogP contribution is -2.49. The van der Waals surface area contributed by atoms with Crippen molar-refractivity contribution in [2.24, 2.45) is 0 Å². The van der Waals surface area contributed by atoms with E-state index in [-0.39, 0.29) is 17.2 Å². The minimum atomic E-state index is -0.256. The van der Waals surface area contributed by atoms with E-state index in [1.165, 1.54) is 0 Å². The third-order valence-corrected chi connectivity index (χ3v) is 4.46. The fourth-order valence-electron chi connectivity index (χ4n) is 1.79. The maximum Gasteiger partial charge on any atom is 0.255 e. The van der Waals surface area contributed by atoms with Gasteiger partial charge in [0.05, 0.1) is 5.56 Å². The van der Waals surface area contributed by atoms with Gasteiger partial charge >= 0.3 is 0 Å². The van der Waals surface area contributed by atoms with Crippen molar-refractivity contribution in [2.75, 3.05) is 5.33 Å². The van der Waals surface area contributed by atoms with E-state index in [0.29, 0.717) is 10.9 Å². The third kappa shape index (κ3) is 3.25. The summed E-state index contributed by atoms with van der Waals surface area (Å²) in [5.74, 6) is -0.196. The second-order valence-corrected chi connectivity index (χ2v) is 5.16. The number of aryl methyl sites for hydroxylation is 1. The van der Waals surface area contributed by atoms with E-state index in [4.69, 9.17) is 0 Å². The monoisotopic (exact) mass is 313 g/mol. The number of hydrogen-bond donors (Lipinski definition) is 2. The molecule has 0 spiro atoms. The predicted molar refractivity (Wildman–Crippen MR) is 77.4 cm³/mol. The lowest BCUT2D eigenvalue weighted by Gasteiger charge is -2.31. The molecule has 4 heteroatoms. The summed E-state index contributed by atoms with van der Waals surface area (Å²) >= 11 is 3.45. The van der Waals surface area contributed by atoms with E-state index in [1.807, 2.05) is 26.8 Å². The first-order valence-electron chi connectivity index (χ1n) is 6.16. The number of rotatable bonds is 5. The summed E-state index contributed by atoms with van der Waals surface area (Å²) in [6.07, 6.45) is 1.68. The molecule has 0 aliphatic carbocycles. The van der Waals surface area contributed by atoms with Crippen molar-refractivity contribution in [1.29, 1.82) is 0 Å². The molecule has 0 unspecified atom stereocenters. The van der Waals surface area contributed by atoms with Gasteiger partial charge in [0.15, 0.2) is 0 Å². The SMILES string of the molecule is CCC(CC)(CBr)NC(=O)c1ccc(C)cc1O. The molecule has 1 amide bonds. The van der Waals surface area contributed by atoms with Crippen LogP contribution in [0.1, 0.15) is 42.6 Å². The molecule has 0 saturated heterocycles. The quantitative estimate of drug-likeness (QED) is 0.819. The number of aromatic hydroxyl groups is 1. The van der Waals surface area contributed by atoms with Crippen molar-refractivity contribution in [1.82, 2.24) is 5.32 Å². The first-order chi connectivity index (χ1) is 8.48. The number of nitrogens with one attached hydrogen (secondary N) is 1. The minimum Gasteiger partial charge on any atom is -0.507 e. The van der Waals surface area contributed by atoms with Gasteiger partial charge in [-0.3, -0.25) is 4.79 Å². The molecular weight excluding hydrogens is 294 g/mol. The van der Waals surface area contributed by atoms with Crippen LogP contribution >= 0.6 is 15.9 Å². The maximum atomic E-state index is 12.2. The lowest BCUT2D eigenvalue weighted by molar-refractivity contribution is 0.0901. The standard InChI is InChI=1S/C14H20BrNO2/c1-4-14(5-2,9-15)16-13(18)11-7-6-10(3)8-12(11)17/h6-8,17H,4-5,9H2,1-3H3,(H,16,18). The van der Waals surface area contributed by atoms with Gasteiger partial charge in [-0.1, -0.05) is 35.8 Å². The number of amides is 1. The van der Waals surface area contributed by atoms with E-state index >= 15 is 0 Å². The zero-order chi connectivity index (χ0) is 13.8. The second kappa shape index (κ2) is 6.23. The summed E-state index contributed by atoms with van der Waals surface area (Å²) in [6.45, 7) is 5.96. The summed E-state index contributed by atoms with van der Waals surface area (Å²) in [5, 5.41) is 13.5. The van der Waals surface area contributed by atoms with Gasteiger partial charge in [0.2, 0.25) is 0 Å². The number of carbonyl (C=O) groups excluding carboxylic acids is 1. The van der Waals surface area contributed by atoms with Crippen LogP contribution in [0.25, 0.3) is 0 Å². The number of carbonyl (C=O) groups is 1. The normalized spacial score (nSPS) is 11.3. The van der Waals surface area contributed by atoms with Crippen LogP contribution in [0.3, 0.4) is 0 Å². The highest BCUT2D eigenvalue weighted by Crippen LogP contribution is 2.22. The molecule has 100 valence electrons. The minimum absolute atomic E-state index is 0.0307. The van der Waals surface area contributed by atoms with E-state index in [2.05, 4.69) is 21.2 Å². The average molecular weight is 314 g/mol. The van der Waals surface area contributed by atoms with E-state index in [9.17, 15) is 9.90 Å². The Morgan fingerprint density at radius 2 is 2.00 bits per heavy atom. The highest BCUT2D eigenvalue weighted by atomic mass is 79.9. The number of hydrogen-bond acceptors (Lipinski definition) is 2. The van der Waals surface area contributed by atoms with Crippen LogP contribution in [0.2, 0.25) is 0 Å². The van der Waals surface area contributed by atoms with Crippen LogP contribution in [0.5, 0.6) is 5.75 Å². The number of benzene rings is 1. The molecule has 0 atom stereocenters. The molecule has 0 fully saturated rings. The molecule has 1 aromatic rings. The molecule has 0 bridgehead atoms. The van der Waals surface area contributed by atoms with Gasteiger partial charge in [-0.05, 0) is 37.5 Å². The number of alkyl halides is 1. The van der Waals surface area contributed by atoms with Crippen molar-refractivity contribution in [3.8, 4) is 5.75 Å². The highest BCUT2D eigenvalue weighted by molar-refractivity contribution is 9.09. The molecule has 1 aromatic carbocycles. The molecule has 0 aliphatic heterocycles. The summed E-state index contributed by atoms with van der Waals surface area (Å²) < 4.78 is 0. The van der Waals surface area contributed by atoms with Crippen LogP contribution < -0.4 is 5.32 Å². The van der Waals surface area contributed by atoms with E-state index in [0.717, 1.165) is 18.4 Å². The van der Waals surface area contributed by atoms with Crippen molar-refractivity contribution in [2.45, 2.75) is 39.2 Å². The molecule has 2 N–H and O–H groups in total. The lowest BCUT2D eigenvalue weighted by atomic mass is 9.95. The van der Waals surface area contributed by atoms with Gasteiger partial charge < -0.3 is 10.4 Å². The fourth-order valence-corrected chi connectivity index (χ4v) is 2.72. The Bertz CT molecular complexity index is 420. The highest BCUT2D eigenvalue weighted by Gasteiger charge is 2.27. The van der Waals surface area contributed by atoms with Crippen molar-refractivity contribution in [3.63, 3.8) is 0 Å². The van der Waals surface area contributed by atoms with Crippen molar-refractivity contribution < 1.29 is 9.90 Å². The maximum absolute atomic E-state index is 12.2. The van der Waals surface area contributed by atoms with Gasteiger partial charge in [-0.25, -0.2) is 0 Å². The smallest absolute Gasteiger partial charge is 0.255 e. The second-order valence-electron chi connectivity index (χ2n) is 4.60. The van der Waals surface area contributed by atoms with Gasteiger partial charge in [0.25, 0.3) is 5.91 Å². The third-order valence-electron chi connectivity index (χ3n) is 3.39. The fraction of sp³-hybridized carbons (Fsp3) is 0.500. The zero-order valence-electron chi connectivity index (χ0n) is 11.1. The first kappa shape index (κ1) is 15.0. The molecule has 0 radical (unpaired) electrons. The number of phenolic OH excluding ortho intramolecular Hbond substituents is 1. The molecule has 3 nitrogen and oxygen atoms in total. The largest absolute Gasteiger partial charge is 0.507 e. The van der Waals surface area contributed by atoms with Gasteiger partial charge in [0.1, 0.15) is 5.75 Å². The molecule has 1 rings (SSSR count). The Morgan fingerprint density at radius 3 is 2.44 bits per heavy atom. The molecule has 0 aromatic heterocycles. The molecule has 0 aliphatic rings. The zero-order valence-corrected chi connectivity index (χ0v) is 12.7. The summed E-state index contributed by atoms with van der Waals surface area (Å²) in [7, 11) is 0. The molecule has 0 heterocycles. The van der Waals surface area contributed by atoms with Crippen molar-refractivity contribution >= 4 is 21.8 Å². The summed E-state index contributed by atoms with van der Waals surface area (Å²) in [5.41, 5.74) is 1.00. The van der Waals surface area contributed by atoms with Gasteiger partial charge in [-0.2, -0.15) is 0 Å². The Labute approximate surface area is 117 Å². The van der Waals surface area contributed by atoms with Gasteiger partial charge in [0, 0.05) is 10.9 Å². The van der Waals surface area contributed by atoms with Crippen molar-refractivity contribution in [3.05, 3.63) is 29.3 Å². The Morgan fingerprint density at radius 1 is 1.39 bits per heavy atom. The van der Waals surface area contributed by atoms with Crippen LogP contribution in [-0.4, -0.2) is 21.9 Å². The van der Waals surface area contributed by atoms with E-state index < -0.39 is 0 Å². The topological polar surface area (TPSA) is 49.3 Å². The Balaban J connectivity index is 2.94. The first-order valence-corrected chi connectivity index (χ1v) is 7.28. The predicted octanol–water partition coefficient (Wildman–Crippen LogP) is 3.38. The van der Waals surface area contributed by atoms with Crippen LogP contribution in [-0.2, 0) is 0 Å². The van der Waals surface area contributed by atoms with Crippen LogP contribution in [0, 0.1) is 6.92 Å². The number of phenols is 1. The van der Waals surface area contributed by atoms with Crippen LogP contribution in [0.15, 0.2) is 18.2 Å². The Hall–Kier alpha value is -1.03. The molecular formula is C14H20BrNO2. The van der Waals surface area contributed by atoms with Crippen LogP contribution in [0.4, 0.5) is 0 Å².